The van der Waals surface area contributed by atoms with E-state index in [1.165, 1.54) is 18.2 Å². The molecular formula is C32H25BN8O3. The van der Waals surface area contributed by atoms with Gasteiger partial charge in [0, 0.05) is 35.4 Å². The second-order valence-corrected chi connectivity index (χ2v) is 10.7. The lowest BCUT2D eigenvalue weighted by Gasteiger charge is -2.16. The van der Waals surface area contributed by atoms with Crippen molar-refractivity contribution in [2.45, 2.75) is 25.8 Å². The van der Waals surface area contributed by atoms with Gasteiger partial charge >= 0.3 is 0 Å². The molecule has 1 aliphatic carbocycles. The number of anilines is 1. The third-order valence-electron chi connectivity index (χ3n) is 7.90. The molecule has 1 aliphatic rings. The third-order valence-corrected chi connectivity index (χ3v) is 7.90. The lowest BCUT2D eigenvalue weighted by atomic mass is 9.92. The average molecular weight is 580 g/mol. The van der Waals surface area contributed by atoms with Gasteiger partial charge in [0.25, 0.3) is 5.91 Å². The number of aromatic hydroxyl groups is 1. The summed E-state index contributed by atoms with van der Waals surface area (Å²) in [6, 6.07) is 17.4. The number of hydrogen-bond acceptors (Lipinski definition) is 8. The Morgan fingerprint density at radius 1 is 1.07 bits per heavy atom. The Kier molecular flexibility index (Phi) is 6.46. The number of fused-ring (bicyclic) bond motifs is 2. The second-order valence-electron chi connectivity index (χ2n) is 10.7. The summed E-state index contributed by atoms with van der Waals surface area (Å²) < 4.78 is 3.69. The number of hydrogen-bond donors (Lipinski definition) is 3. The molecule has 11 nitrogen and oxygen atoms in total. The second kappa shape index (κ2) is 10.5. The van der Waals surface area contributed by atoms with Crippen molar-refractivity contribution in [2.24, 2.45) is 0 Å². The van der Waals surface area contributed by atoms with E-state index in [0.717, 1.165) is 34.3 Å². The highest BCUT2D eigenvalue weighted by Gasteiger charge is 2.27. The van der Waals surface area contributed by atoms with Crippen molar-refractivity contribution in [2.75, 3.05) is 5.73 Å². The van der Waals surface area contributed by atoms with Gasteiger partial charge in [-0.2, -0.15) is 5.10 Å². The number of carbonyl (C=O) groups excluding carboxylic acids is 2. The Labute approximate surface area is 252 Å². The summed E-state index contributed by atoms with van der Waals surface area (Å²) in [5.41, 5.74) is 11.5. The molecule has 1 unspecified atom stereocenters. The number of benzene rings is 2. The number of imidazole rings is 1. The van der Waals surface area contributed by atoms with Gasteiger partial charge < -0.3 is 21.0 Å². The third kappa shape index (κ3) is 4.57. The number of aryl methyl sites for hydroxylation is 2. The summed E-state index contributed by atoms with van der Waals surface area (Å²) in [6.07, 6.45) is 6.61. The van der Waals surface area contributed by atoms with Gasteiger partial charge in [-0.05, 0) is 91.1 Å². The number of pyridine rings is 2. The minimum Gasteiger partial charge on any atom is -0.507 e. The van der Waals surface area contributed by atoms with E-state index >= 15 is 0 Å². The maximum absolute atomic E-state index is 13.1. The normalized spacial score (nSPS) is 14.1. The molecule has 12 heteroatoms. The number of carbonyl (C=O) groups is 2. The lowest BCUT2D eigenvalue weighted by Crippen LogP contribution is -2.27. The maximum Gasteiger partial charge on any atom is 0.251 e. The van der Waals surface area contributed by atoms with Crippen LogP contribution in [0.1, 0.15) is 49.9 Å². The Morgan fingerprint density at radius 2 is 1.93 bits per heavy atom. The first-order valence-electron chi connectivity index (χ1n) is 14.0. The monoisotopic (exact) mass is 580 g/mol. The standard InChI is InChI=1S/C32H25BN8O3/c1-17-14-26(40-13-3-12-36-40)38-31-27(17)39-30(22-4-2-11-35-29(22)34)41(31)20-7-8-21-18(15-20)5-9-24(21)37-32(44)19-6-10-25(42)23(16-19)28(33)43/h2-4,6-8,10-16,24,42H,5,9H2,1H3,(H2,34,35)(H,37,44). The zero-order chi connectivity index (χ0) is 30.5. The van der Waals surface area contributed by atoms with Crippen LogP contribution in [0.4, 0.5) is 5.82 Å². The first-order valence-corrected chi connectivity index (χ1v) is 14.0. The van der Waals surface area contributed by atoms with E-state index < -0.39 is 5.68 Å². The first-order chi connectivity index (χ1) is 21.3. The molecule has 6 aromatic rings. The van der Waals surface area contributed by atoms with Crippen molar-refractivity contribution in [3.05, 3.63) is 107 Å². The number of aromatic nitrogens is 6. The average Bonchev–Trinajstić information content (AvgIpc) is 3.77. The number of rotatable bonds is 6. The van der Waals surface area contributed by atoms with Crippen molar-refractivity contribution in [1.82, 2.24) is 34.6 Å². The number of nitrogens with one attached hydrogen (secondary N) is 1. The summed E-state index contributed by atoms with van der Waals surface area (Å²) in [4.78, 5) is 39.0. The zero-order valence-electron chi connectivity index (χ0n) is 23.6. The van der Waals surface area contributed by atoms with E-state index in [-0.39, 0.29) is 28.8 Å². The minimum absolute atomic E-state index is 0.105. The van der Waals surface area contributed by atoms with Crippen LogP contribution in [0.3, 0.4) is 0 Å². The number of phenols is 1. The van der Waals surface area contributed by atoms with Gasteiger partial charge in [0.1, 0.15) is 22.8 Å². The Balaban J connectivity index is 1.30. The highest BCUT2D eigenvalue weighted by Crippen LogP contribution is 2.36. The molecule has 44 heavy (non-hydrogen) atoms. The summed E-state index contributed by atoms with van der Waals surface area (Å²) in [6.45, 7) is 1.99. The summed E-state index contributed by atoms with van der Waals surface area (Å²) in [5, 5.41) is 17.3. The van der Waals surface area contributed by atoms with Crippen molar-refractivity contribution in [3.63, 3.8) is 0 Å². The molecule has 1 amide bonds. The molecule has 0 saturated heterocycles. The van der Waals surface area contributed by atoms with Crippen LogP contribution in [0.25, 0.3) is 34.1 Å². The lowest BCUT2D eigenvalue weighted by molar-refractivity contribution is 0.0936. The van der Waals surface area contributed by atoms with Crippen LogP contribution in [-0.4, -0.2) is 53.8 Å². The van der Waals surface area contributed by atoms with E-state index in [1.54, 1.807) is 17.1 Å². The van der Waals surface area contributed by atoms with E-state index in [4.69, 9.17) is 23.5 Å². The molecule has 214 valence electrons. The van der Waals surface area contributed by atoms with Crippen LogP contribution >= 0.6 is 0 Å². The van der Waals surface area contributed by atoms with Crippen molar-refractivity contribution < 1.29 is 14.7 Å². The first kappa shape index (κ1) is 27.1. The fourth-order valence-corrected chi connectivity index (χ4v) is 5.75. The molecule has 2 aromatic carbocycles. The minimum atomic E-state index is -0.809. The van der Waals surface area contributed by atoms with E-state index in [1.807, 2.05) is 54.1 Å². The van der Waals surface area contributed by atoms with Crippen LogP contribution in [0.2, 0.25) is 0 Å². The predicted molar refractivity (Wildman–Crippen MR) is 165 cm³/mol. The molecule has 1 atom stereocenters. The molecule has 0 saturated carbocycles. The van der Waals surface area contributed by atoms with Gasteiger partial charge in [0.15, 0.2) is 25.1 Å². The van der Waals surface area contributed by atoms with E-state index in [9.17, 15) is 14.7 Å². The van der Waals surface area contributed by atoms with Gasteiger partial charge in [-0.15, -0.1) is 0 Å². The van der Waals surface area contributed by atoms with Crippen molar-refractivity contribution in [1.29, 1.82) is 0 Å². The highest BCUT2D eigenvalue weighted by atomic mass is 16.3. The van der Waals surface area contributed by atoms with E-state index in [0.29, 0.717) is 35.1 Å². The molecule has 0 fully saturated rings. The number of nitrogens with two attached hydrogens (primary N) is 1. The Bertz CT molecular complexity index is 2110. The van der Waals surface area contributed by atoms with E-state index in [2.05, 4.69) is 21.5 Å². The Morgan fingerprint density at radius 3 is 2.70 bits per heavy atom. The largest absolute Gasteiger partial charge is 0.507 e. The van der Waals surface area contributed by atoms with Crippen LogP contribution in [0.5, 0.6) is 5.75 Å². The van der Waals surface area contributed by atoms with Crippen LogP contribution in [0, 0.1) is 6.92 Å². The Hall–Kier alpha value is -5.78. The molecule has 4 heterocycles. The molecule has 7 rings (SSSR count). The molecule has 4 N–H and O–H groups in total. The molecule has 2 radical (unpaired) electrons. The highest BCUT2D eigenvalue weighted by molar-refractivity contribution is 6.62. The zero-order valence-corrected chi connectivity index (χ0v) is 23.6. The summed E-state index contributed by atoms with van der Waals surface area (Å²) in [5.74, 6) is 0.985. The van der Waals surface area contributed by atoms with Crippen LogP contribution < -0.4 is 11.1 Å². The molecule has 0 spiro atoms. The fraction of sp³-hybridized carbons (Fsp3) is 0.125. The summed E-state index contributed by atoms with van der Waals surface area (Å²) in [7, 11) is 5.34. The number of amides is 1. The molecule has 0 aliphatic heterocycles. The number of nitrogen functional groups attached to an aromatic ring is 1. The van der Waals surface area contributed by atoms with Gasteiger partial charge in [-0.25, -0.2) is 19.6 Å². The summed E-state index contributed by atoms with van der Waals surface area (Å²) >= 11 is 0. The number of nitrogens with zero attached hydrogens (tertiary/aromatic N) is 6. The number of phenolic OH excluding ortho intramolecular Hbond substituents is 1. The smallest absolute Gasteiger partial charge is 0.251 e. The quantitative estimate of drug-likeness (QED) is 0.250. The molecule has 0 bridgehead atoms. The SMILES string of the molecule is [B]C(=O)c1cc(C(=O)NC2CCc3cc(-n4c(-c5cccnc5N)nc5c(C)cc(-n6cccn6)nc54)ccc32)ccc1O. The fourth-order valence-electron chi connectivity index (χ4n) is 5.75. The predicted octanol–water partition coefficient (Wildman–Crippen LogP) is 3.99. The van der Waals surface area contributed by atoms with Gasteiger partial charge in [0.2, 0.25) is 0 Å². The van der Waals surface area contributed by atoms with Gasteiger partial charge in [0.05, 0.1) is 11.6 Å². The van der Waals surface area contributed by atoms with Gasteiger partial charge in [-0.3, -0.25) is 9.36 Å². The van der Waals surface area contributed by atoms with Crippen molar-refractivity contribution >= 4 is 36.4 Å². The van der Waals surface area contributed by atoms with Crippen LogP contribution in [0.15, 0.2) is 79.3 Å². The maximum atomic E-state index is 13.1. The van der Waals surface area contributed by atoms with Crippen LogP contribution in [-0.2, 0) is 6.42 Å². The van der Waals surface area contributed by atoms with Crippen molar-refractivity contribution in [3.8, 4) is 28.6 Å². The molecular weight excluding hydrogens is 555 g/mol. The topological polar surface area (TPSA) is 154 Å². The molecule has 4 aromatic heterocycles. The van der Waals surface area contributed by atoms with Gasteiger partial charge in [-0.1, -0.05) is 6.07 Å².